The van der Waals surface area contributed by atoms with Crippen molar-refractivity contribution in [2.24, 2.45) is 0 Å². The van der Waals surface area contributed by atoms with Gasteiger partial charge in [0.25, 0.3) is 5.91 Å². The summed E-state index contributed by atoms with van der Waals surface area (Å²) in [6, 6.07) is 9.98. The number of hydrogen-bond acceptors (Lipinski definition) is 2. The molecular weight excluding hydrogens is 366 g/mol. The Morgan fingerprint density at radius 1 is 1.33 bits per heavy atom. The fraction of sp³-hybridized carbons (Fsp3) is 0.263. The van der Waals surface area contributed by atoms with Gasteiger partial charge in [-0.15, -0.1) is 0 Å². The summed E-state index contributed by atoms with van der Waals surface area (Å²) in [6.07, 6.45) is 4.70. The molecule has 1 amide bonds. The molecule has 1 unspecified atom stereocenters. The molecule has 2 aromatic heterocycles. The molecule has 1 atom stereocenters. The predicted octanol–water partition coefficient (Wildman–Crippen LogP) is 4.44. The maximum absolute atomic E-state index is 12.5. The molecule has 2 heterocycles. The molecule has 5 heteroatoms. The van der Waals surface area contributed by atoms with Gasteiger partial charge in [-0.2, -0.15) is 0 Å². The van der Waals surface area contributed by atoms with Crippen molar-refractivity contribution in [2.45, 2.75) is 32.2 Å². The summed E-state index contributed by atoms with van der Waals surface area (Å²) in [4.78, 5) is 20.2. The Balaban J connectivity index is 1.65. The lowest BCUT2D eigenvalue weighted by atomic mass is 9.91. The molecule has 4 rings (SSSR count). The van der Waals surface area contributed by atoms with E-state index in [-0.39, 0.29) is 11.9 Å². The zero-order chi connectivity index (χ0) is 16.7. The second-order valence-corrected chi connectivity index (χ2v) is 7.23. The Hall–Kier alpha value is -2.14. The quantitative estimate of drug-likeness (QED) is 0.686. The number of aromatic nitrogens is 2. The third kappa shape index (κ3) is 2.73. The van der Waals surface area contributed by atoms with Crippen molar-refractivity contribution in [1.29, 1.82) is 0 Å². The summed E-state index contributed by atoms with van der Waals surface area (Å²) < 4.78 is 1.08. The number of carbonyl (C=O) groups excluding carboxylic acids is 1. The molecule has 0 spiro atoms. The second-order valence-electron chi connectivity index (χ2n) is 6.31. The van der Waals surface area contributed by atoms with E-state index in [4.69, 9.17) is 0 Å². The fourth-order valence-electron chi connectivity index (χ4n) is 3.42. The molecule has 1 aliphatic rings. The highest BCUT2D eigenvalue weighted by Gasteiger charge is 2.26. The zero-order valence-electron chi connectivity index (χ0n) is 13.4. The first kappa shape index (κ1) is 15.4. The molecule has 0 saturated heterocycles. The van der Waals surface area contributed by atoms with Crippen molar-refractivity contribution >= 4 is 32.7 Å². The Morgan fingerprint density at radius 3 is 3.00 bits per heavy atom. The van der Waals surface area contributed by atoms with Crippen LogP contribution in [0.4, 0.5) is 0 Å². The lowest BCUT2D eigenvalue weighted by Gasteiger charge is -2.23. The Bertz CT molecular complexity index is 914. The van der Waals surface area contributed by atoms with Gasteiger partial charge in [0.05, 0.1) is 11.6 Å². The predicted molar refractivity (Wildman–Crippen MR) is 98.1 cm³/mol. The number of rotatable bonds is 2. The van der Waals surface area contributed by atoms with Crippen LogP contribution in [0.15, 0.2) is 41.0 Å². The minimum atomic E-state index is -0.0693. The molecule has 1 aromatic carbocycles. The Labute approximate surface area is 148 Å². The molecule has 0 radical (unpaired) electrons. The first-order valence-electron chi connectivity index (χ1n) is 8.15. The van der Waals surface area contributed by atoms with E-state index >= 15 is 0 Å². The van der Waals surface area contributed by atoms with Gasteiger partial charge in [0.1, 0.15) is 0 Å². The van der Waals surface area contributed by atoms with Crippen LogP contribution in [0.1, 0.15) is 46.2 Å². The molecule has 24 heavy (non-hydrogen) atoms. The van der Waals surface area contributed by atoms with E-state index in [2.05, 4.69) is 43.3 Å². The molecule has 1 aliphatic carbocycles. The van der Waals surface area contributed by atoms with Gasteiger partial charge in [-0.05, 0) is 62.1 Å². The van der Waals surface area contributed by atoms with Crippen LogP contribution in [0.2, 0.25) is 0 Å². The van der Waals surface area contributed by atoms with Gasteiger partial charge in [0, 0.05) is 33.0 Å². The first-order chi connectivity index (χ1) is 11.6. The first-order valence-corrected chi connectivity index (χ1v) is 8.94. The second kappa shape index (κ2) is 6.06. The van der Waals surface area contributed by atoms with Crippen LogP contribution in [0.5, 0.6) is 0 Å². The number of carbonyl (C=O) groups is 1. The van der Waals surface area contributed by atoms with Crippen LogP contribution in [0, 0.1) is 6.92 Å². The number of aryl methyl sites for hydroxylation is 2. The van der Waals surface area contributed by atoms with Crippen molar-refractivity contribution in [3.05, 3.63) is 63.5 Å². The van der Waals surface area contributed by atoms with Gasteiger partial charge in [0.2, 0.25) is 0 Å². The van der Waals surface area contributed by atoms with E-state index in [1.54, 1.807) is 6.20 Å². The van der Waals surface area contributed by atoms with Crippen molar-refractivity contribution in [3.8, 4) is 0 Å². The average molecular weight is 384 g/mol. The molecule has 0 fully saturated rings. The lowest BCUT2D eigenvalue weighted by molar-refractivity contribution is 0.0931. The normalized spacial score (nSPS) is 16.8. The number of H-pyrrole nitrogens is 1. The summed E-state index contributed by atoms with van der Waals surface area (Å²) in [5.41, 5.74) is 5.10. The maximum atomic E-state index is 12.5. The van der Waals surface area contributed by atoms with E-state index in [1.807, 2.05) is 25.1 Å². The number of hydrogen-bond donors (Lipinski definition) is 2. The SMILES string of the molecule is Cc1ccc(C(=O)NC2CCCc3c2[nH]c2ccc(Br)cc32)cn1. The molecular formula is C19H18BrN3O. The Morgan fingerprint density at radius 2 is 2.21 bits per heavy atom. The van der Waals surface area contributed by atoms with Crippen LogP contribution in [0.3, 0.4) is 0 Å². The van der Waals surface area contributed by atoms with Crippen LogP contribution in [0.25, 0.3) is 10.9 Å². The van der Waals surface area contributed by atoms with E-state index in [1.165, 1.54) is 10.9 Å². The molecule has 0 aliphatic heterocycles. The standard InChI is InChI=1S/C19H18BrN3O/c1-11-5-6-12(10-21-11)19(24)23-17-4-2-3-14-15-9-13(20)7-8-16(15)22-18(14)17/h5-10,17,22H,2-4H2,1H3,(H,23,24). The minimum Gasteiger partial charge on any atom is -0.356 e. The highest BCUT2D eigenvalue weighted by atomic mass is 79.9. The third-order valence-corrected chi connectivity index (χ3v) is 5.14. The van der Waals surface area contributed by atoms with Gasteiger partial charge >= 0.3 is 0 Å². The van der Waals surface area contributed by atoms with Gasteiger partial charge in [-0.1, -0.05) is 15.9 Å². The van der Waals surface area contributed by atoms with E-state index < -0.39 is 0 Å². The van der Waals surface area contributed by atoms with Crippen LogP contribution < -0.4 is 5.32 Å². The summed E-state index contributed by atoms with van der Waals surface area (Å²) in [7, 11) is 0. The molecule has 0 bridgehead atoms. The maximum Gasteiger partial charge on any atom is 0.253 e. The van der Waals surface area contributed by atoms with Gasteiger partial charge in [-0.25, -0.2) is 0 Å². The van der Waals surface area contributed by atoms with Crippen LogP contribution >= 0.6 is 15.9 Å². The number of aromatic amines is 1. The van der Waals surface area contributed by atoms with Crippen molar-refractivity contribution in [3.63, 3.8) is 0 Å². The van der Waals surface area contributed by atoms with E-state index in [9.17, 15) is 4.79 Å². The molecule has 122 valence electrons. The number of benzene rings is 1. The average Bonchev–Trinajstić information content (AvgIpc) is 2.94. The number of fused-ring (bicyclic) bond motifs is 3. The van der Waals surface area contributed by atoms with E-state index in [0.717, 1.165) is 40.6 Å². The molecule has 0 saturated carbocycles. The lowest BCUT2D eigenvalue weighted by Crippen LogP contribution is -2.31. The third-order valence-electron chi connectivity index (χ3n) is 4.65. The van der Waals surface area contributed by atoms with Crippen LogP contribution in [-0.2, 0) is 6.42 Å². The number of amides is 1. The molecule has 4 nitrogen and oxygen atoms in total. The van der Waals surface area contributed by atoms with Gasteiger partial charge in [0.15, 0.2) is 0 Å². The summed E-state index contributed by atoms with van der Waals surface area (Å²) in [5, 5.41) is 4.41. The molecule has 3 aromatic rings. The topological polar surface area (TPSA) is 57.8 Å². The highest BCUT2D eigenvalue weighted by molar-refractivity contribution is 9.10. The number of halogens is 1. The molecule has 2 N–H and O–H groups in total. The summed E-state index contributed by atoms with van der Waals surface area (Å²) in [5.74, 6) is -0.0693. The van der Waals surface area contributed by atoms with Crippen molar-refractivity contribution < 1.29 is 4.79 Å². The van der Waals surface area contributed by atoms with Crippen LogP contribution in [-0.4, -0.2) is 15.9 Å². The van der Waals surface area contributed by atoms with Crippen molar-refractivity contribution in [2.75, 3.05) is 0 Å². The Kier molecular flexibility index (Phi) is 3.88. The smallest absolute Gasteiger partial charge is 0.253 e. The monoisotopic (exact) mass is 383 g/mol. The summed E-state index contributed by atoms with van der Waals surface area (Å²) in [6.45, 7) is 1.91. The highest BCUT2D eigenvalue weighted by Crippen LogP contribution is 2.35. The number of pyridine rings is 1. The number of nitrogens with one attached hydrogen (secondary N) is 2. The van der Waals surface area contributed by atoms with Gasteiger partial charge < -0.3 is 10.3 Å². The largest absolute Gasteiger partial charge is 0.356 e. The number of nitrogens with zero attached hydrogens (tertiary/aromatic N) is 1. The fourth-order valence-corrected chi connectivity index (χ4v) is 3.78. The van der Waals surface area contributed by atoms with Crippen molar-refractivity contribution in [1.82, 2.24) is 15.3 Å². The van der Waals surface area contributed by atoms with Gasteiger partial charge in [-0.3, -0.25) is 9.78 Å². The van der Waals surface area contributed by atoms with E-state index in [0.29, 0.717) is 5.56 Å². The summed E-state index contributed by atoms with van der Waals surface area (Å²) >= 11 is 3.55. The minimum absolute atomic E-state index is 0.0220. The zero-order valence-corrected chi connectivity index (χ0v) is 15.0.